The maximum Gasteiger partial charge on any atom is 0.289 e. The van der Waals surface area contributed by atoms with E-state index in [2.05, 4.69) is 20.8 Å². The summed E-state index contributed by atoms with van der Waals surface area (Å²) in [5, 5.41) is 0. The molecule has 110 valence electrons. The summed E-state index contributed by atoms with van der Waals surface area (Å²) in [4.78, 5) is 16.7. The number of hydrogen-bond acceptors (Lipinski definition) is 4. The Balaban J connectivity index is 1.60. The van der Waals surface area contributed by atoms with E-state index in [9.17, 15) is 4.79 Å². The van der Waals surface area contributed by atoms with E-state index in [0.29, 0.717) is 16.5 Å². The lowest BCUT2D eigenvalue weighted by atomic mass is 10.2. The smallest absolute Gasteiger partial charge is 0.289 e. The van der Waals surface area contributed by atoms with Gasteiger partial charge in [0.2, 0.25) is 0 Å². The Hall–Kier alpha value is -0.850. The fourth-order valence-corrected chi connectivity index (χ4v) is 3.21. The number of amides is 1. The largest absolute Gasteiger partial charge is 0.444 e. The minimum atomic E-state index is -0.0137. The van der Waals surface area contributed by atoms with Gasteiger partial charge >= 0.3 is 0 Å². The summed E-state index contributed by atoms with van der Waals surface area (Å²) < 4.78 is 11.4. The molecule has 0 aromatic carbocycles. The Kier molecular flexibility index (Phi) is 4.43. The number of halogens is 1. The predicted octanol–water partition coefficient (Wildman–Crippen LogP) is 1.98. The van der Waals surface area contributed by atoms with Gasteiger partial charge in [0.25, 0.3) is 5.91 Å². The molecule has 0 bridgehead atoms. The van der Waals surface area contributed by atoms with Crippen molar-refractivity contribution in [1.29, 1.82) is 0 Å². The summed E-state index contributed by atoms with van der Waals surface area (Å²) >= 11 is 3.23. The molecule has 0 radical (unpaired) electrons. The normalized spacial score (nSPS) is 24.9. The van der Waals surface area contributed by atoms with Gasteiger partial charge in [-0.15, -0.1) is 0 Å². The van der Waals surface area contributed by atoms with Crippen molar-refractivity contribution in [2.24, 2.45) is 0 Å². The second-order valence-electron chi connectivity index (χ2n) is 5.30. The highest BCUT2D eigenvalue weighted by Gasteiger charge is 2.27. The van der Waals surface area contributed by atoms with E-state index in [4.69, 9.17) is 9.15 Å². The molecule has 1 unspecified atom stereocenters. The minimum absolute atomic E-state index is 0.0137. The van der Waals surface area contributed by atoms with Crippen molar-refractivity contribution in [3.63, 3.8) is 0 Å². The molecule has 3 heterocycles. The Morgan fingerprint density at radius 3 is 2.85 bits per heavy atom. The van der Waals surface area contributed by atoms with E-state index in [1.54, 1.807) is 12.1 Å². The van der Waals surface area contributed by atoms with Crippen LogP contribution in [0.5, 0.6) is 0 Å². The van der Waals surface area contributed by atoms with E-state index in [1.165, 1.54) is 0 Å². The number of carbonyl (C=O) groups excluding carboxylic acids is 1. The second-order valence-corrected chi connectivity index (χ2v) is 6.08. The van der Waals surface area contributed by atoms with Gasteiger partial charge < -0.3 is 14.1 Å². The third-order valence-corrected chi connectivity index (χ3v) is 4.45. The molecule has 0 aliphatic carbocycles. The van der Waals surface area contributed by atoms with Gasteiger partial charge in [-0.25, -0.2) is 0 Å². The summed E-state index contributed by atoms with van der Waals surface area (Å²) in [5.74, 6) is 0.398. The van der Waals surface area contributed by atoms with E-state index in [0.717, 1.165) is 52.2 Å². The SMILES string of the molecule is O=C(c1ccc(Br)o1)N1CCCN(C2CCOC2)CC1. The molecule has 1 amide bonds. The van der Waals surface area contributed by atoms with Crippen LogP contribution in [0.15, 0.2) is 21.2 Å². The van der Waals surface area contributed by atoms with Crippen LogP contribution < -0.4 is 0 Å². The van der Waals surface area contributed by atoms with Crippen LogP contribution in [0.3, 0.4) is 0 Å². The van der Waals surface area contributed by atoms with Crippen molar-refractivity contribution in [2.75, 3.05) is 39.4 Å². The van der Waals surface area contributed by atoms with Crippen LogP contribution in [0.25, 0.3) is 0 Å². The maximum atomic E-state index is 12.4. The van der Waals surface area contributed by atoms with Gasteiger partial charge in [-0.2, -0.15) is 0 Å². The fourth-order valence-electron chi connectivity index (χ4n) is 2.90. The van der Waals surface area contributed by atoms with Crippen LogP contribution in [-0.4, -0.2) is 61.1 Å². The molecule has 0 saturated carbocycles. The van der Waals surface area contributed by atoms with E-state index >= 15 is 0 Å². The van der Waals surface area contributed by atoms with Gasteiger partial charge in [0.05, 0.1) is 6.61 Å². The first-order valence-electron chi connectivity index (χ1n) is 7.10. The number of nitrogens with zero attached hydrogens (tertiary/aromatic N) is 2. The topological polar surface area (TPSA) is 45.9 Å². The van der Waals surface area contributed by atoms with Gasteiger partial charge in [0, 0.05) is 38.8 Å². The molecule has 20 heavy (non-hydrogen) atoms. The van der Waals surface area contributed by atoms with Crippen molar-refractivity contribution in [3.8, 4) is 0 Å². The maximum absolute atomic E-state index is 12.4. The summed E-state index contributed by atoms with van der Waals surface area (Å²) in [6, 6.07) is 4.01. The van der Waals surface area contributed by atoms with Gasteiger partial charge in [-0.05, 0) is 40.9 Å². The van der Waals surface area contributed by atoms with Gasteiger partial charge in [0.15, 0.2) is 10.4 Å². The molecule has 0 spiro atoms. The average molecular weight is 343 g/mol. The molecule has 2 fully saturated rings. The van der Waals surface area contributed by atoms with E-state index in [-0.39, 0.29) is 5.91 Å². The molecule has 5 nitrogen and oxygen atoms in total. The number of hydrogen-bond donors (Lipinski definition) is 0. The molecule has 2 aliphatic heterocycles. The van der Waals surface area contributed by atoms with Crippen molar-refractivity contribution in [3.05, 3.63) is 22.6 Å². The van der Waals surface area contributed by atoms with Gasteiger partial charge in [-0.3, -0.25) is 9.69 Å². The minimum Gasteiger partial charge on any atom is -0.444 e. The standard InChI is InChI=1S/C14H19BrN2O3/c15-13-3-2-12(20-13)14(18)17-6-1-5-16(7-8-17)11-4-9-19-10-11/h2-3,11H,1,4-10H2. The number of furan rings is 1. The Morgan fingerprint density at radius 2 is 2.15 bits per heavy atom. The van der Waals surface area contributed by atoms with Crippen LogP contribution in [0, 0.1) is 0 Å². The molecular weight excluding hydrogens is 324 g/mol. The van der Waals surface area contributed by atoms with Gasteiger partial charge in [0.1, 0.15) is 0 Å². The molecule has 1 atom stereocenters. The zero-order valence-electron chi connectivity index (χ0n) is 11.4. The Bertz CT molecular complexity index is 471. The van der Waals surface area contributed by atoms with Crippen molar-refractivity contribution in [1.82, 2.24) is 9.80 Å². The quantitative estimate of drug-likeness (QED) is 0.824. The first kappa shape index (κ1) is 14.1. The number of carbonyl (C=O) groups is 1. The van der Waals surface area contributed by atoms with Crippen molar-refractivity contribution >= 4 is 21.8 Å². The number of ether oxygens (including phenoxy) is 1. The first-order valence-corrected chi connectivity index (χ1v) is 7.90. The zero-order chi connectivity index (χ0) is 13.9. The first-order chi connectivity index (χ1) is 9.74. The van der Waals surface area contributed by atoms with Crippen LogP contribution >= 0.6 is 15.9 Å². The summed E-state index contributed by atoms with van der Waals surface area (Å²) in [6.07, 6.45) is 2.11. The third kappa shape index (κ3) is 3.07. The van der Waals surface area contributed by atoms with Crippen LogP contribution in [-0.2, 0) is 4.74 Å². The third-order valence-electron chi connectivity index (χ3n) is 4.02. The molecule has 2 aliphatic rings. The molecule has 1 aromatic heterocycles. The Labute approximate surface area is 127 Å². The Morgan fingerprint density at radius 1 is 1.25 bits per heavy atom. The highest BCUT2D eigenvalue weighted by molar-refractivity contribution is 9.10. The summed E-state index contributed by atoms with van der Waals surface area (Å²) in [7, 11) is 0. The van der Waals surface area contributed by atoms with Crippen molar-refractivity contribution < 1.29 is 13.9 Å². The fraction of sp³-hybridized carbons (Fsp3) is 0.643. The van der Waals surface area contributed by atoms with E-state index in [1.807, 2.05) is 4.90 Å². The lowest BCUT2D eigenvalue weighted by Crippen LogP contribution is -2.39. The summed E-state index contributed by atoms with van der Waals surface area (Å²) in [6.45, 7) is 5.21. The van der Waals surface area contributed by atoms with Crippen LogP contribution in [0.4, 0.5) is 0 Å². The second kappa shape index (κ2) is 6.28. The van der Waals surface area contributed by atoms with Gasteiger partial charge in [-0.1, -0.05) is 0 Å². The molecule has 0 N–H and O–H groups in total. The highest BCUT2D eigenvalue weighted by Crippen LogP contribution is 2.18. The van der Waals surface area contributed by atoms with Crippen LogP contribution in [0.1, 0.15) is 23.4 Å². The predicted molar refractivity (Wildman–Crippen MR) is 77.7 cm³/mol. The van der Waals surface area contributed by atoms with Crippen LogP contribution in [0.2, 0.25) is 0 Å². The van der Waals surface area contributed by atoms with E-state index < -0.39 is 0 Å². The molecule has 6 heteroatoms. The highest BCUT2D eigenvalue weighted by atomic mass is 79.9. The molecule has 2 saturated heterocycles. The number of rotatable bonds is 2. The molecule has 1 aromatic rings. The average Bonchev–Trinajstić information content (AvgIpc) is 3.05. The lowest BCUT2D eigenvalue weighted by molar-refractivity contribution is 0.0723. The molecular formula is C14H19BrN2O3. The summed E-state index contributed by atoms with van der Waals surface area (Å²) in [5.41, 5.74) is 0. The monoisotopic (exact) mass is 342 g/mol. The molecule has 3 rings (SSSR count). The zero-order valence-corrected chi connectivity index (χ0v) is 13.0. The van der Waals surface area contributed by atoms with Crippen molar-refractivity contribution in [2.45, 2.75) is 18.9 Å². The lowest BCUT2D eigenvalue weighted by Gasteiger charge is -2.26.